The fourth-order valence-corrected chi connectivity index (χ4v) is 4.37. The van der Waals surface area contributed by atoms with Gasteiger partial charge in [0.1, 0.15) is 5.75 Å². The van der Waals surface area contributed by atoms with Crippen LogP contribution < -0.4 is 9.64 Å². The highest BCUT2D eigenvalue weighted by molar-refractivity contribution is 5.68. The van der Waals surface area contributed by atoms with Crippen molar-refractivity contribution in [3.05, 3.63) is 53.6 Å². The molecule has 1 saturated heterocycles. The first-order chi connectivity index (χ1) is 15.0. The minimum Gasteiger partial charge on any atom is -0.497 e. The Labute approximate surface area is 184 Å². The molecule has 0 bridgehead atoms. The lowest BCUT2D eigenvalue weighted by molar-refractivity contribution is 0.244. The van der Waals surface area contributed by atoms with E-state index in [0.29, 0.717) is 0 Å². The van der Waals surface area contributed by atoms with Gasteiger partial charge in [0.05, 0.1) is 25.0 Å². The number of aromatic nitrogens is 4. The summed E-state index contributed by atoms with van der Waals surface area (Å²) in [6.07, 6.45) is 6.22. The van der Waals surface area contributed by atoms with Crippen molar-refractivity contribution in [3.8, 4) is 16.9 Å². The lowest BCUT2D eigenvalue weighted by Gasteiger charge is -2.26. The predicted octanol–water partition coefficient (Wildman–Crippen LogP) is 4.08. The summed E-state index contributed by atoms with van der Waals surface area (Å²) in [7, 11) is 5.67. The average Bonchev–Trinajstić information content (AvgIpc) is 3.40. The second kappa shape index (κ2) is 9.06. The maximum Gasteiger partial charge on any atom is 0.225 e. The molecule has 1 aromatic carbocycles. The van der Waals surface area contributed by atoms with E-state index in [4.69, 9.17) is 9.72 Å². The lowest BCUT2D eigenvalue weighted by atomic mass is 9.99. The number of methoxy groups -OCH3 is 1. The summed E-state index contributed by atoms with van der Waals surface area (Å²) in [5.74, 6) is 1.58. The van der Waals surface area contributed by atoms with E-state index in [1.54, 1.807) is 7.11 Å². The minimum absolute atomic E-state index is 0.243. The molecule has 2 aromatic heterocycles. The molecule has 1 aliphatic heterocycles. The first kappa shape index (κ1) is 21.3. The molecule has 1 atom stereocenters. The SMILES string of the molecule is CCn1ncc(CN2CCC[C@@H]2c2nc(N(C)C)ncc2-c2cccc(OC)c2)c1C. The lowest BCUT2D eigenvalue weighted by Crippen LogP contribution is -2.25. The van der Waals surface area contributed by atoms with Crippen LogP contribution in [0.3, 0.4) is 0 Å². The smallest absolute Gasteiger partial charge is 0.225 e. The highest BCUT2D eigenvalue weighted by Crippen LogP contribution is 2.38. The molecule has 0 amide bonds. The molecule has 7 heteroatoms. The standard InChI is InChI=1S/C24H32N6O/c1-6-30-17(2)19(14-26-30)16-29-12-8-11-22(29)23-21(15-25-24(27-23)28(3)4)18-9-7-10-20(13-18)31-5/h7,9-10,13-15,22H,6,8,11-12,16H2,1-5H3/t22-/m1/s1. The third-order valence-corrected chi connectivity index (χ3v) is 6.14. The number of anilines is 1. The summed E-state index contributed by atoms with van der Waals surface area (Å²) in [6.45, 7) is 7.13. The summed E-state index contributed by atoms with van der Waals surface area (Å²) in [5.41, 5.74) is 5.78. The van der Waals surface area contributed by atoms with Crippen molar-refractivity contribution in [2.24, 2.45) is 0 Å². The van der Waals surface area contributed by atoms with Crippen LogP contribution in [0.15, 0.2) is 36.7 Å². The van der Waals surface area contributed by atoms with Gasteiger partial charge in [0.2, 0.25) is 5.95 Å². The van der Waals surface area contributed by atoms with E-state index in [1.807, 2.05) is 43.5 Å². The van der Waals surface area contributed by atoms with Gasteiger partial charge in [-0.15, -0.1) is 0 Å². The van der Waals surface area contributed by atoms with Crippen LogP contribution in [0.2, 0.25) is 0 Å². The number of likely N-dealkylation sites (tertiary alicyclic amines) is 1. The maximum absolute atomic E-state index is 5.46. The van der Waals surface area contributed by atoms with Gasteiger partial charge in [0.25, 0.3) is 0 Å². The number of hydrogen-bond donors (Lipinski definition) is 0. The van der Waals surface area contributed by atoms with Crippen LogP contribution in [0.25, 0.3) is 11.1 Å². The number of nitrogens with zero attached hydrogens (tertiary/aromatic N) is 6. The third-order valence-electron chi connectivity index (χ3n) is 6.14. The summed E-state index contributed by atoms with van der Waals surface area (Å²) in [5, 5.41) is 4.54. The quantitative estimate of drug-likeness (QED) is 0.574. The molecule has 4 rings (SSSR count). The van der Waals surface area contributed by atoms with Gasteiger partial charge in [-0.05, 0) is 50.9 Å². The summed E-state index contributed by atoms with van der Waals surface area (Å²) in [6, 6.07) is 8.40. The van der Waals surface area contributed by atoms with E-state index < -0.39 is 0 Å². The molecule has 1 fully saturated rings. The zero-order valence-electron chi connectivity index (χ0n) is 19.2. The second-order valence-corrected chi connectivity index (χ2v) is 8.29. The Hall–Kier alpha value is -2.93. The van der Waals surface area contributed by atoms with E-state index in [2.05, 4.69) is 45.6 Å². The highest BCUT2D eigenvalue weighted by Gasteiger charge is 2.31. The van der Waals surface area contributed by atoms with Crippen LogP contribution in [0, 0.1) is 6.92 Å². The van der Waals surface area contributed by atoms with E-state index in [0.717, 1.165) is 61.0 Å². The van der Waals surface area contributed by atoms with Gasteiger partial charge in [0.15, 0.2) is 0 Å². The van der Waals surface area contributed by atoms with Crippen LogP contribution >= 0.6 is 0 Å². The molecule has 1 aliphatic rings. The van der Waals surface area contributed by atoms with Crippen molar-refractivity contribution >= 4 is 5.95 Å². The molecular formula is C24H32N6O. The molecule has 164 valence electrons. The van der Waals surface area contributed by atoms with Crippen LogP contribution in [-0.4, -0.2) is 52.4 Å². The fraction of sp³-hybridized carbons (Fsp3) is 0.458. The van der Waals surface area contributed by atoms with Gasteiger partial charge >= 0.3 is 0 Å². The molecule has 3 aromatic rings. The van der Waals surface area contributed by atoms with Crippen molar-refractivity contribution in [2.45, 2.75) is 45.8 Å². The molecule has 0 unspecified atom stereocenters. The number of benzene rings is 1. The monoisotopic (exact) mass is 420 g/mol. The van der Waals surface area contributed by atoms with E-state index in [-0.39, 0.29) is 6.04 Å². The van der Waals surface area contributed by atoms with Crippen molar-refractivity contribution in [2.75, 3.05) is 32.6 Å². The molecule has 3 heterocycles. The van der Waals surface area contributed by atoms with Crippen LogP contribution in [0.5, 0.6) is 5.75 Å². The minimum atomic E-state index is 0.243. The Bertz CT molecular complexity index is 1040. The molecule has 7 nitrogen and oxygen atoms in total. The van der Waals surface area contributed by atoms with Crippen molar-refractivity contribution in [3.63, 3.8) is 0 Å². The van der Waals surface area contributed by atoms with Crippen LogP contribution in [-0.2, 0) is 13.1 Å². The van der Waals surface area contributed by atoms with Gasteiger partial charge in [-0.25, -0.2) is 9.97 Å². The Morgan fingerprint density at radius 2 is 2.06 bits per heavy atom. The fourth-order valence-electron chi connectivity index (χ4n) is 4.37. The van der Waals surface area contributed by atoms with Crippen LogP contribution in [0.1, 0.15) is 42.8 Å². The zero-order chi connectivity index (χ0) is 22.0. The van der Waals surface area contributed by atoms with Crippen LogP contribution in [0.4, 0.5) is 5.95 Å². The van der Waals surface area contributed by atoms with Gasteiger partial charge in [-0.2, -0.15) is 5.10 Å². The number of rotatable bonds is 7. The second-order valence-electron chi connectivity index (χ2n) is 8.29. The number of hydrogen-bond acceptors (Lipinski definition) is 6. The Balaban J connectivity index is 1.73. The van der Waals surface area contributed by atoms with Crippen molar-refractivity contribution in [1.29, 1.82) is 0 Å². The Morgan fingerprint density at radius 1 is 1.23 bits per heavy atom. The average molecular weight is 421 g/mol. The normalized spacial score (nSPS) is 16.6. The number of aryl methyl sites for hydroxylation is 1. The van der Waals surface area contributed by atoms with E-state index in [9.17, 15) is 0 Å². The van der Waals surface area contributed by atoms with Crippen molar-refractivity contribution < 1.29 is 4.74 Å². The van der Waals surface area contributed by atoms with Crippen molar-refractivity contribution in [1.82, 2.24) is 24.6 Å². The largest absolute Gasteiger partial charge is 0.497 e. The van der Waals surface area contributed by atoms with Gasteiger partial charge in [-0.3, -0.25) is 9.58 Å². The zero-order valence-corrected chi connectivity index (χ0v) is 19.2. The molecule has 0 spiro atoms. The van der Waals surface area contributed by atoms with Gasteiger partial charge in [0, 0.05) is 50.2 Å². The Kier molecular flexibility index (Phi) is 6.23. The highest BCUT2D eigenvalue weighted by atomic mass is 16.5. The maximum atomic E-state index is 5.46. The summed E-state index contributed by atoms with van der Waals surface area (Å²) >= 11 is 0. The molecule has 0 radical (unpaired) electrons. The molecule has 31 heavy (non-hydrogen) atoms. The molecule has 0 aliphatic carbocycles. The summed E-state index contributed by atoms with van der Waals surface area (Å²) < 4.78 is 7.53. The predicted molar refractivity (Wildman–Crippen MR) is 123 cm³/mol. The van der Waals surface area contributed by atoms with Gasteiger partial charge < -0.3 is 9.64 Å². The molecular weight excluding hydrogens is 388 g/mol. The number of ether oxygens (including phenoxy) is 1. The Morgan fingerprint density at radius 3 is 2.77 bits per heavy atom. The van der Waals surface area contributed by atoms with Gasteiger partial charge in [-0.1, -0.05) is 12.1 Å². The molecule has 0 saturated carbocycles. The van der Waals surface area contributed by atoms with E-state index in [1.165, 1.54) is 11.3 Å². The topological polar surface area (TPSA) is 59.3 Å². The molecule has 0 N–H and O–H groups in total. The van der Waals surface area contributed by atoms with E-state index >= 15 is 0 Å². The first-order valence-electron chi connectivity index (χ1n) is 11.0. The third kappa shape index (κ3) is 4.28. The first-order valence-corrected chi connectivity index (χ1v) is 11.0. The summed E-state index contributed by atoms with van der Waals surface area (Å²) in [4.78, 5) is 14.2.